The molecule has 3 rings (SSSR count). The van der Waals surface area contributed by atoms with Gasteiger partial charge >= 0.3 is 0 Å². The molecule has 1 fully saturated rings. The van der Waals surface area contributed by atoms with Gasteiger partial charge in [-0.1, -0.05) is 0 Å². The van der Waals surface area contributed by atoms with Crippen molar-refractivity contribution in [3.63, 3.8) is 0 Å². The first-order chi connectivity index (χ1) is 15.5. The number of carbonyl (C=O) groups is 1. The van der Waals surface area contributed by atoms with Gasteiger partial charge in [0.1, 0.15) is 11.4 Å². The molecule has 1 unspecified atom stereocenters. The average Bonchev–Trinajstić information content (AvgIpc) is 2.78. The molecule has 1 saturated heterocycles. The van der Waals surface area contributed by atoms with E-state index in [2.05, 4.69) is 32.4 Å². The molecule has 3 heterocycles. The highest BCUT2D eigenvalue weighted by Gasteiger charge is 2.28. The molecule has 172 valence electrons. The number of anilines is 3. The van der Waals surface area contributed by atoms with E-state index in [1.807, 2.05) is 4.90 Å². The number of hydrogen-bond donors (Lipinski definition) is 3. The summed E-state index contributed by atoms with van der Waals surface area (Å²) < 4.78 is 0. The predicted octanol–water partition coefficient (Wildman–Crippen LogP) is 2.24. The number of rotatable bonds is 6. The molecule has 1 aliphatic rings. The van der Waals surface area contributed by atoms with Gasteiger partial charge in [0.15, 0.2) is 0 Å². The van der Waals surface area contributed by atoms with Crippen molar-refractivity contribution in [2.75, 3.05) is 23.3 Å². The van der Waals surface area contributed by atoms with Crippen molar-refractivity contribution >= 4 is 23.4 Å². The zero-order valence-electron chi connectivity index (χ0n) is 19.4. The van der Waals surface area contributed by atoms with Gasteiger partial charge in [-0.05, 0) is 52.7 Å². The number of amides is 1. The molecular weight excluding hydrogens is 418 g/mol. The minimum Gasteiger partial charge on any atom is -0.365 e. The maximum absolute atomic E-state index is 12.1. The van der Waals surface area contributed by atoms with Crippen molar-refractivity contribution in [3.05, 3.63) is 35.3 Å². The molecule has 0 bridgehead atoms. The van der Waals surface area contributed by atoms with Gasteiger partial charge in [-0.25, -0.2) is 4.98 Å². The van der Waals surface area contributed by atoms with Crippen LogP contribution in [0.15, 0.2) is 18.3 Å². The number of pyridine rings is 1. The van der Waals surface area contributed by atoms with Gasteiger partial charge in [-0.15, -0.1) is 0 Å². The van der Waals surface area contributed by atoms with Crippen LogP contribution >= 0.6 is 0 Å². The Hall–Kier alpha value is -3.76. The molecule has 0 saturated carbocycles. The fraction of sp³-hybridized carbons (Fsp3) is 0.478. The van der Waals surface area contributed by atoms with Crippen molar-refractivity contribution in [2.24, 2.45) is 11.5 Å². The van der Waals surface area contributed by atoms with Crippen LogP contribution in [0.2, 0.25) is 0 Å². The normalized spacial score (nSPS) is 16.6. The molecule has 10 heteroatoms. The summed E-state index contributed by atoms with van der Waals surface area (Å²) in [6.07, 6.45) is 3.26. The summed E-state index contributed by atoms with van der Waals surface area (Å²) in [5.41, 5.74) is 11.5. The zero-order chi connectivity index (χ0) is 24.4. The zero-order valence-corrected chi connectivity index (χ0v) is 19.4. The second-order valence-electron chi connectivity index (χ2n) is 9.37. The van der Waals surface area contributed by atoms with E-state index < -0.39 is 16.7 Å². The van der Waals surface area contributed by atoms with Crippen molar-refractivity contribution in [3.8, 4) is 12.1 Å². The highest BCUT2D eigenvalue weighted by atomic mass is 16.1. The topological polar surface area (TPSA) is 171 Å². The number of nitrogens with one attached hydrogen (secondary N) is 1. The van der Waals surface area contributed by atoms with Gasteiger partial charge in [0, 0.05) is 31.0 Å². The largest absolute Gasteiger partial charge is 0.365 e. The Morgan fingerprint density at radius 3 is 2.27 bits per heavy atom. The lowest BCUT2D eigenvalue weighted by Crippen LogP contribution is -2.43. The summed E-state index contributed by atoms with van der Waals surface area (Å²) in [5.74, 6) is 0.00439. The standard InChI is InChI=1S/C23H29N9O/c1-22(2,12-24)17-8-15(9-18(30-17)23(3,4)13-25)29-20-16(19(27)33)10-28-21(31-20)32-7-5-6-14(26)11-32/h8-10,14H,5-7,11,26H2,1-4H3,(H2,27,33)(H,28,29,30,31). The van der Waals surface area contributed by atoms with Gasteiger partial charge in [0.2, 0.25) is 5.95 Å². The molecule has 10 nitrogen and oxygen atoms in total. The molecule has 0 aromatic carbocycles. The summed E-state index contributed by atoms with van der Waals surface area (Å²) in [4.78, 5) is 27.5. The molecule has 1 atom stereocenters. The fourth-order valence-corrected chi connectivity index (χ4v) is 3.49. The monoisotopic (exact) mass is 447 g/mol. The van der Waals surface area contributed by atoms with E-state index in [0.717, 1.165) is 19.4 Å². The van der Waals surface area contributed by atoms with Crippen LogP contribution in [0, 0.1) is 22.7 Å². The second-order valence-corrected chi connectivity index (χ2v) is 9.37. The summed E-state index contributed by atoms with van der Waals surface area (Å²) in [7, 11) is 0. The number of hydrogen-bond acceptors (Lipinski definition) is 9. The van der Waals surface area contributed by atoms with Crippen LogP contribution in [-0.2, 0) is 10.8 Å². The first-order valence-corrected chi connectivity index (χ1v) is 10.8. The Balaban J connectivity index is 2.09. The van der Waals surface area contributed by atoms with E-state index in [0.29, 0.717) is 29.6 Å². The van der Waals surface area contributed by atoms with E-state index >= 15 is 0 Å². The van der Waals surface area contributed by atoms with Gasteiger partial charge in [0.05, 0.1) is 34.4 Å². The van der Waals surface area contributed by atoms with Crippen molar-refractivity contribution in [1.82, 2.24) is 15.0 Å². The molecular formula is C23H29N9O. The number of nitrogens with two attached hydrogens (primary N) is 2. The lowest BCUT2D eigenvalue weighted by Gasteiger charge is -2.31. The van der Waals surface area contributed by atoms with Crippen molar-refractivity contribution < 1.29 is 4.79 Å². The maximum atomic E-state index is 12.1. The summed E-state index contributed by atoms with van der Waals surface area (Å²) in [5, 5.41) is 22.4. The smallest absolute Gasteiger partial charge is 0.254 e. The summed E-state index contributed by atoms with van der Waals surface area (Å²) >= 11 is 0. The van der Waals surface area contributed by atoms with Crippen LogP contribution in [0.3, 0.4) is 0 Å². The Bertz CT molecular complexity index is 1100. The van der Waals surface area contributed by atoms with E-state index in [9.17, 15) is 15.3 Å². The Morgan fingerprint density at radius 2 is 1.76 bits per heavy atom. The molecule has 33 heavy (non-hydrogen) atoms. The predicted molar refractivity (Wildman–Crippen MR) is 125 cm³/mol. The first kappa shape index (κ1) is 23.9. The quantitative estimate of drug-likeness (QED) is 0.600. The Labute approximate surface area is 193 Å². The van der Waals surface area contributed by atoms with E-state index in [1.54, 1.807) is 39.8 Å². The number of carbonyl (C=O) groups excluding carboxylic acids is 1. The van der Waals surface area contributed by atoms with Gasteiger partial charge in [-0.2, -0.15) is 15.5 Å². The van der Waals surface area contributed by atoms with Crippen LogP contribution in [0.5, 0.6) is 0 Å². The third-order valence-corrected chi connectivity index (χ3v) is 5.71. The minimum absolute atomic E-state index is 0.0290. The number of primary amides is 1. The molecule has 0 spiro atoms. The molecule has 0 radical (unpaired) electrons. The Kier molecular flexibility index (Phi) is 6.52. The minimum atomic E-state index is -0.898. The number of piperidine rings is 1. The first-order valence-electron chi connectivity index (χ1n) is 10.8. The lowest BCUT2D eigenvalue weighted by atomic mass is 9.86. The third-order valence-electron chi connectivity index (χ3n) is 5.71. The summed E-state index contributed by atoms with van der Waals surface area (Å²) in [6.45, 7) is 8.38. The van der Waals surface area contributed by atoms with Crippen LogP contribution in [0.25, 0.3) is 0 Å². The van der Waals surface area contributed by atoms with E-state index in [4.69, 9.17) is 11.5 Å². The molecule has 0 aliphatic carbocycles. The highest BCUT2D eigenvalue weighted by Crippen LogP contribution is 2.31. The van der Waals surface area contributed by atoms with Crippen LogP contribution in [-0.4, -0.2) is 40.0 Å². The third kappa shape index (κ3) is 5.18. The fourth-order valence-electron chi connectivity index (χ4n) is 3.49. The maximum Gasteiger partial charge on any atom is 0.254 e. The molecule has 2 aromatic rings. The van der Waals surface area contributed by atoms with Gasteiger partial charge < -0.3 is 21.7 Å². The Morgan fingerprint density at radius 1 is 1.15 bits per heavy atom. The molecule has 5 N–H and O–H groups in total. The summed E-state index contributed by atoms with van der Waals surface area (Å²) in [6, 6.07) is 7.93. The number of nitriles is 2. The van der Waals surface area contributed by atoms with E-state index in [-0.39, 0.29) is 17.4 Å². The van der Waals surface area contributed by atoms with Crippen molar-refractivity contribution in [1.29, 1.82) is 10.5 Å². The average molecular weight is 448 g/mol. The molecule has 1 amide bonds. The number of nitrogens with zero attached hydrogens (tertiary/aromatic N) is 6. The van der Waals surface area contributed by atoms with Gasteiger partial charge in [-0.3, -0.25) is 9.78 Å². The highest BCUT2D eigenvalue weighted by molar-refractivity contribution is 5.98. The number of aromatic nitrogens is 3. The van der Waals surface area contributed by atoms with Crippen molar-refractivity contribution in [2.45, 2.75) is 57.4 Å². The molecule has 2 aromatic heterocycles. The van der Waals surface area contributed by atoms with Crippen LogP contribution in [0.4, 0.5) is 17.5 Å². The van der Waals surface area contributed by atoms with Gasteiger partial charge in [0.25, 0.3) is 5.91 Å². The van der Waals surface area contributed by atoms with Crippen LogP contribution < -0.4 is 21.7 Å². The molecule has 1 aliphatic heterocycles. The van der Waals surface area contributed by atoms with Crippen LogP contribution in [0.1, 0.15) is 62.3 Å². The van der Waals surface area contributed by atoms with E-state index in [1.165, 1.54) is 6.20 Å². The second kappa shape index (κ2) is 9.00. The SMILES string of the molecule is CC(C)(C#N)c1cc(Nc2nc(N3CCCC(N)C3)ncc2C(N)=O)cc(C(C)(C)C#N)n1. The lowest BCUT2D eigenvalue weighted by molar-refractivity contribution is 0.100.